The van der Waals surface area contributed by atoms with E-state index in [4.69, 9.17) is 5.26 Å². The molecule has 2 aromatic rings. The zero-order valence-corrected chi connectivity index (χ0v) is 11.9. The summed E-state index contributed by atoms with van der Waals surface area (Å²) in [5.74, 6) is -0.0225. The summed E-state index contributed by atoms with van der Waals surface area (Å²) in [6.07, 6.45) is 0.892. The first-order chi connectivity index (χ1) is 9.61. The molecule has 0 aliphatic rings. The van der Waals surface area contributed by atoms with Gasteiger partial charge in [-0.15, -0.1) is 0 Å². The third-order valence-corrected chi connectivity index (χ3v) is 3.49. The van der Waals surface area contributed by atoms with Gasteiger partial charge in [0, 0.05) is 23.1 Å². The summed E-state index contributed by atoms with van der Waals surface area (Å²) in [5.41, 5.74) is 3.64. The number of fused-ring (bicyclic) bond motifs is 1. The SMILES string of the molecule is Cc1[nH]c2ccccc2c1CCN(C)CC(=O)CC#N. The molecule has 0 saturated heterocycles. The van der Waals surface area contributed by atoms with Gasteiger partial charge in [-0.1, -0.05) is 18.2 Å². The molecule has 0 spiro atoms. The highest BCUT2D eigenvalue weighted by Gasteiger charge is 2.10. The lowest BCUT2D eigenvalue weighted by atomic mass is 10.1. The maximum Gasteiger partial charge on any atom is 0.160 e. The Kier molecular flexibility index (Phi) is 4.54. The second-order valence-corrected chi connectivity index (χ2v) is 5.14. The molecule has 0 aliphatic heterocycles. The first-order valence-electron chi connectivity index (χ1n) is 6.75. The summed E-state index contributed by atoms with van der Waals surface area (Å²) in [5, 5.41) is 9.74. The van der Waals surface area contributed by atoms with E-state index >= 15 is 0 Å². The number of rotatable bonds is 6. The molecule has 104 valence electrons. The molecule has 0 atom stereocenters. The number of carbonyl (C=O) groups excluding carboxylic acids is 1. The van der Waals surface area contributed by atoms with E-state index in [0.29, 0.717) is 6.54 Å². The number of nitrogens with zero attached hydrogens (tertiary/aromatic N) is 2. The summed E-state index contributed by atoms with van der Waals surface area (Å²) in [7, 11) is 1.92. The third-order valence-electron chi connectivity index (χ3n) is 3.49. The van der Waals surface area contributed by atoms with Crippen molar-refractivity contribution in [3.63, 3.8) is 0 Å². The maximum absolute atomic E-state index is 11.4. The van der Waals surface area contributed by atoms with Gasteiger partial charge in [-0.3, -0.25) is 9.69 Å². The van der Waals surface area contributed by atoms with Crippen LogP contribution in [-0.4, -0.2) is 35.8 Å². The van der Waals surface area contributed by atoms with Crippen LogP contribution in [0.5, 0.6) is 0 Å². The Hall–Kier alpha value is -2.12. The van der Waals surface area contributed by atoms with Crippen LogP contribution in [0.2, 0.25) is 0 Å². The van der Waals surface area contributed by atoms with Crippen LogP contribution in [0.15, 0.2) is 24.3 Å². The number of likely N-dealkylation sites (N-methyl/N-ethyl adjacent to an activating group) is 1. The number of nitriles is 1. The molecule has 2 rings (SSSR count). The number of hydrogen-bond acceptors (Lipinski definition) is 3. The van der Waals surface area contributed by atoms with Crippen LogP contribution in [0.1, 0.15) is 17.7 Å². The number of Topliss-reactive ketones (excluding diaryl/α,β-unsaturated/α-hetero) is 1. The molecule has 0 amide bonds. The number of aromatic amines is 1. The van der Waals surface area contributed by atoms with E-state index < -0.39 is 0 Å². The standard InChI is InChI=1S/C16H19N3O/c1-12-14(15-5-3-4-6-16(15)18-12)8-10-19(2)11-13(20)7-9-17/h3-6,18H,7-8,10-11H2,1-2H3. The van der Waals surface area contributed by atoms with Crippen molar-refractivity contribution >= 4 is 16.7 Å². The molecule has 0 fully saturated rings. The van der Waals surface area contributed by atoms with Crippen LogP contribution >= 0.6 is 0 Å². The number of aryl methyl sites for hydroxylation is 1. The predicted octanol–water partition coefficient (Wildman–Crippen LogP) is 2.43. The Morgan fingerprint density at radius 3 is 2.90 bits per heavy atom. The largest absolute Gasteiger partial charge is 0.358 e. The van der Waals surface area contributed by atoms with E-state index in [1.165, 1.54) is 16.6 Å². The van der Waals surface area contributed by atoms with E-state index in [0.717, 1.165) is 18.5 Å². The molecule has 1 N–H and O–H groups in total. The number of H-pyrrole nitrogens is 1. The quantitative estimate of drug-likeness (QED) is 0.876. The number of aromatic nitrogens is 1. The van der Waals surface area contributed by atoms with Crippen LogP contribution in [0.4, 0.5) is 0 Å². The molecule has 1 aromatic heterocycles. The van der Waals surface area contributed by atoms with Gasteiger partial charge in [-0.2, -0.15) is 5.26 Å². The van der Waals surface area contributed by atoms with Gasteiger partial charge < -0.3 is 4.98 Å². The second kappa shape index (κ2) is 6.36. The Labute approximate surface area is 119 Å². The predicted molar refractivity (Wildman–Crippen MR) is 79.5 cm³/mol. The fourth-order valence-electron chi connectivity index (χ4n) is 2.48. The van der Waals surface area contributed by atoms with Gasteiger partial charge in [0.25, 0.3) is 0 Å². The van der Waals surface area contributed by atoms with Gasteiger partial charge >= 0.3 is 0 Å². The Morgan fingerprint density at radius 2 is 2.15 bits per heavy atom. The zero-order chi connectivity index (χ0) is 14.5. The maximum atomic E-state index is 11.4. The molecule has 0 unspecified atom stereocenters. The van der Waals surface area contributed by atoms with Crippen molar-refractivity contribution in [3.8, 4) is 6.07 Å². The van der Waals surface area contributed by atoms with E-state index in [2.05, 4.69) is 24.0 Å². The lowest BCUT2D eigenvalue weighted by Crippen LogP contribution is -2.27. The lowest BCUT2D eigenvalue weighted by molar-refractivity contribution is -0.118. The Morgan fingerprint density at radius 1 is 1.40 bits per heavy atom. The average molecular weight is 269 g/mol. The molecular formula is C16H19N3O. The number of benzene rings is 1. The normalized spacial score (nSPS) is 10.9. The monoisotopic (exact) mass is 269 g/mol. The molecule has 4 nitrogen and oxygen atoms in total. The molecular weight excluding hydrogens is 250 g/mol. The average Bonchev–Trinajstić information content (AvgIpc) is 2.72. The van der Waals surface area contributed by atoms with Gasteiger partial charge in [0.05, 0.1) is 19.0 Å². The van der Waals surface area contributed by atoms with Crippen LogP contribution in [0.25, 0.3) is 10.9 Å². The van der Waals surface area contributed by atoms with Crippen molar-refractivity contribution in [2.45, 2.75) is 19.8 Å². The number of hydrogen-bond donors (Lipinski definition) is 1. The molecule has 4 heteroatoms. The van der Waals surface area contributed by atoms with Crippen molar-refractivity contribution in [2.24, 2.45) is 0 Å². The van der Waals surface area contributed by atoms with E-state index in [-0.39, 0.29) is 12.2 Å². The number of carbonyl (C=O) groups is 1. The van der Waals surface area contributed by atoms with Gasteiger partial charge in [0.1, 0.15) is 0 Å². The fourth-order valence-corrected chi connectivity index (χ4v) is 2.48. The van der Waals surface area contributed by atoms with Crippen molar-refractivity contribution in [2.75, 3.05) is 20.1 Å². The highest BCUT2D eigenvalue weighted by Crippen LogP contribution is 2.22. The van der Waals surface area contributed by atoms with Gasteiger partial charge in [0.15, 0.2) is 5.78 Å². The van der Waals surface area contributed by atoms with Gasteiger partial charge in [-0.05, 0) is 32.0 Å². The molecule has 0 bridgehead atoms. The smallest absolute Gasteiger partial charge is 0.160 e. The minimum Gasteiger partial charge on any atom is -0.358 e. The highest BCUT2D eigenvalue weighted by molar-refractivity contribution is 5.84. The minimum absolute atomic E-state index is 0.00352. The molecule has 0 saturated carbocycles. The van der Waals surface area contributed by atoms with Crippen molar-refractivity contribution in [3.05, 3.63) is 35.5 Å². The van der Waals surface area contributed by atoms with Crippen molar-refractivity contribution < 1.29 is 4.79 Å². The summed E-state index contributed by atoms with van der Waals surface area (Å²) in [6.45, 7) is 3.23. The first kappa shape index (κ1) is 14.3. The summed E-state index contributed by atoms with van der Waals surface area (Å²) in [4.78, 5) is 16.8. The Balaban J connectivity index is 2.01. The topological polar surface area (TPSA) is 59.9 Å². The molecule has 1 heterocycles. The van der Waals surface area contributed by atoms with E-state index in [1.54, 1.807) is 0 Å². The van der Waals surface area contributed by atoms with Crippen LogP contribution < -0.4 is 0 Å². The van der Waals surface area contributed by atoms with E-state index in [1.807, 2.05) is 30.1 Å². The van der Waals surface area contributed by atoms with E-state index in [9.17, 15) is 4.79 Å². The summed E-state index contributed by atoms with van der Waals surface area (Å²) < 4.78 is 0. The lowest BCUT2D eigenvalue weighted by Gasteiger charge is -2.15. The third kappa shape index (κ3) is 3.25. The van der Waals surface area contributed by atoms with Crippen molar-refractivity contribution in [1.82, 2.24) is 9.88 Å². The highest BCUT2D eigenvalue weighted by atomic mass is 16.1. The molecule has 0 aliphatic carbocycles. The van der Waals surface area contributed by atoms with Crippen LogP contribution in [0, 0.1) is 18.3 Å². The first-order valence-corrected chi connectivity index (χ1v) is 6.75. The van der Waals surface area contributed by atoms with Gasteiger partial charge in [-0.25, -0.2) is 0 Å². The molecule has 20 heavy (non-hydrogen) atoms. The van der Waals surface area contributed by atoms with Crippen molar-refractivity contribution in [1.29, 1.82) is 5.26 Å². The summed E-state index contributed by atoms with van der Waals surface area (Å²) in [6, 6.07) is 10.2. The second-order valence-electron chi connectivity index (χ2n) is 5.14. The zero-order valence-electron chi connectivity index (χ0n) is 11.9. The molecule has 0 radical (unpaired) electrons. The Bertz CT molecular complexity index is 651. The summed E-state index contributed by atoms with van der Waals surface area (Å²) >= 11 is 0. The van der Waals surface area contributed by atoms with Crippen LogP contribution in [-0.2, 0) is 11.2 Å². The number of para-hydroxylation sites is 1. The molecule has 1 aromatic carbocycles. The number of ketones is 1. The number of nitrogens with one attached hydrogen (secondary N) is 1. The minimum atomic E-state index is -0.0225. The van der Waals surface area contributed by atoms with Gasteiger partial charge in [0.2, 0.25) is 0 Å². The fraction of sp³-hybridized carbons (Fsp3) is 0.375. The van der Waals surface area contributed by atoms with Crippen LogP contribution in [0.3, 0.4) is 0 Å².